The van der Waals surface area contributed by atoms with E-state index in [0.29, 0.717) is 5.88 Å². The van der Waals surface area contributed by atoms with Crippen LogP contribution in [0.3, 0.4) is 0 Å². The molecule has 20 heavy (non-hydrogen) atoms. The number of rotatable bonds is 2. The van der Waals surface area contributed by atoms with Gasteiger partial charge in [0.05, 0.1) is 0 Å². The van der Waals surface area contributed by atoms with Gasteiger partial charge in [0.15, 0.2) is 0 Å². The van der Waals surface area contributed by atoms with Gasteiger partial charge in [-0.25, -0.2) is 4.98 Å². The van der Waals surface area contributed by atoms with Gasteiger partial charge in [0.2, 0.25) is 11.2 Å². The molecule has 0 unspecified atom stereocenters. The number of ether oxygens (including phenoxy) is 1. The van der Waals surface area contributed by atoms with E-state index in [1.165, 1.54) is 5.56 Å². The smallest absolute Gasteiger partial charge is 0.225 e. The van der Waals surface area contributed by atoms with Crippen LogP contribution in [0.15, 0.2) is 24.3 Å². The van der Waals surface area contributed by atoms with Gasteiger partial charge in [-0.15, -0.1) is 0 Å². The first-order chi connectivity index (χ1) is 9.25. The summed E-state index contributed by atoms with van der Waals surface area (Å²) in [5, 5.41) is 0.198. The van der Waals surface area contributed by atoms with Crippen molar-refractivity contribution < 1.29 is 4.74 Å². The molecule has 0 aliphatic carbocycles. The van der Waals surface area contributed by atoms with E-state index in [4.69, 9.17) is 16.3 Å². The Morgan fingerprint density at radius 3 is 2.30 bits per heavy atom. The van der Waals surface area contributed by atoms with Crippen LogP contribution in [0.4, 0.5) is 0 Å². The third-order valence-electron chi connectivity index (χ3n) is 3.06. The lowest BCUT2D eigenvalue weighted by Gasteiger charge is -2.20. The van der Waals surface area contributed by atoms with Crippen molar-refractivity contribution in [1.82, 2.24) is 9.97 Å². The van der Waals surface area contributed by atoms with Crippen LogP contribution in [0.5, 0.6) is 11.6 Å². The van der Waals surface area contributed by atoms with E-state index in [0.717, 1.165) is 17.0 Å². The lowest BCUT2D eigenvalue weighted by Crippen LogP contribution is -2.11. The topological polar surface area (TPSA) is 35.0 Å². The highest BCUT2D eigenvalue weighted by Gasteiger charge is 2.15. The summed E-state index contributed by atoms with van der Waals surface area (Å²) in [6.45, 7) is 10.5. The summed E-state index contributed by atoms with van der Waals surface area (Å²) in [7, 11) is 0. The van der Waals surface area contributed by atoms with Gasteiger partial charge in [-0.1, -0.05) is 32.9 Å². The maximum absolute atomic E-state index is 5.84. The van der Waals surface area contributed by atoms with Crippen molar-refractivity contribution in [1.29, 1.82) is 0 Å². The number of nitrogens with zero attached hydrogens (tertiary/aromatic N) is 2. The Kier molecular flexibility index (Phi) is 4.00. The van der Waals surface area contributed by atoms with Crippen molar-refractivity contribution in [2.75, 3.05) is 0 Å². The van der Waals surface area contributed by atoms with Gasteiger partial charge in [0.25, 0.3) is 0 Å². The van der Waals surface area contributed by atoms with Crippen molar-refractivity contribution in [3.8, 4) is 11.6 Å². The van der Waals surface area contributed by atoms with E-state index < -0.39 is 0 Å². The minimum absolute atomic E-state index is 0.123. The Bertz CT molecular complexity index is 613. The van der Waals surface area contributed by atoms with Crippen LogP contribution in [0.2, 0.25) is 5.28 Å². The Morgan fingerprint density at radius 1 is 1.05 bits per heavy atom. The summed E-state index contributed by atoms with van der Waals surface area (Å²) in [5.41, 5.74) is 3.26. The molecule has 0 saturated heterocycles. The average Bonchev–Trinajstić information content (AvgIpc) is 2.29. The molecule has 0 atom stereocenters. The van der Waals surface area contributed by atoms with Gasteiger partial charge < -0.3 is 4.74 Å². The Hall–Kier alpha value is -1.61. The standard InChI is InChI=1S/C16H19ClN2O/c1-10-8-12(16(3,4)5)6-7-13(10)20-14-9-11(2)18-15(17)19-14/h6-9H,1-5H3. The second-order valence-corrected chi connectivity index (χ2v) is 6.29. The maximum atomic E-state index is 5.84. The number of aryl methyl sites for hydroxylation is 2. The molecule has 106 valence electrons. The number of hydrogen-bond acceptors (Lipinski definition) is 3. The number of halogens is 1. The molecule has 1 heterocycles. The average molecular weight is 291 g/mol. The third-order valence-corrected chi connectivity index (χ3v) is 3.23. The van der Waals surface area contributed by atoms with Crippen molar-refractivity contribution in [3.63, 3.8) is 0 Å². The highest BCUT2D eigenvalue weighted by molar-refractivity contribution is 6.28. The highest BCUT2D eigenvalue weighted by Crippen LogP contribution is 2.30. The largest absolute Gasteiger partial charge is 0.439 e. The second-order valence-electron chi connectivity index (χ2n) is 5.95. The Morgan fingerprint density at radius 2 is 1.75 bits per heavy atom. The zero-order valence-corrected chi connectivity index (χ0v) is 13.2. The molecule has 4 heteroatoms. The van der Waals surface area contributed by atoms with Crippen molar-refractivity contribution in [2.45, 2.75) is 40.0 Å². The molecule has 0 bridgehead atoms. The van der Waals surface area contributed by atoms with E-state index in [-0.39, 0.29) is 10.7 Å². The molecule has 0 saturated carbocycles. The molecule has 0 amide bonds. The molecule has 0 fully saturated rings. The number of aromatic nitrogens is 2. The maximum Gasteiger partial charge on any atom is 0.225 e. The van der Waals surface area contributed by atoms with Gasteiger partial charge in [-0.2, -0.15) is 4.98 Å². The predicted octanol–water partition coefficient (Wildman–Crippen LogP) is 4.84. The quantitative estimate of drug-likeness (QED) is 0.743. The fourth-order valence-corrected chi connectivity index (χ4v) is 2.12. The van der Waals surface area contributed by atoms with Crippen LogP contribution in [-0.2, 0) is 5.41 Å². The van der Waals surface area contributed by atoms with Crippen molar-refractivity contribution >= 4 is 11.6 Å². The summed E-state index contributed by atoms with van der Waals surface area (Å²) < 4.78 is 5.80. The monoisotopic (exact) mass is 290 g/mol. The SMILES string of the molecule is Cc1cc(Oc2ccc(C(C)(C)C)cc2C)nc(Cl)n1. The Labute approximate surface area is 125 Å². The predicted molar refractivity (Wildman–Crippen MR) is 81.7 cm³/mol. The first-order valence-electron chi connectivity index (χ1n) is 6.56. The normalized spacial score (nSPS) is 11.5. The summed E-state index contributed by atoms with van der Waals surface area (Å²) >= 11 is 5.84. The van der Waals surface area contributed by atoms with Crippen LogP contribution in [0.1, 0.15) is 37.6 Å². The zero-order chi connectivity index (χ0) is 14.9. The van der Waals surface area contributed by atoms with Crippen LogP contribution < -0.4 is 4.74 Å². The molecule has 2 aromatic rings. The summed E-state index contributed by atoms with van der Waals surface area (Å²) in [4.78, 5) is 8.09. The fourth-order valence-electron chi connectivity index (χ4n) is 1.90. The van der Waals surface area contributed by atoms with Gasteiger partial charge in [-0.3, -0.25) is 0 Å². The highest BCUT2D eigenvalue weighted by atomic mass is 35.5. The molecule has 0 aliphatic rings. The molecule has 0 N–H and O–H groups in total. The van der Waals surface area contributed by atoms with Crippen LogP contribution in [0.25, 0.3) is 0 Å². The van der Waals surface area contributed by atoms with Crippen molar-refractivity contribution in [2.24, 2.45) is 0 Å². The Balaban J connectivity index is 2.30. The number of hydrogen-bond donors (Lipinski definition) is 0. The first-order valence-corrected chi connectivity index (χ1v) is 6.94. The van der Waals surface area contributed by atoms with Crippen molar-refractivity contribution in [3.05, 3.63) is 46.4 Å². The molecule has 3 nitrogen and oxygen atoms in total. The van der Waals surface area contributed by atoms with E-state index >= 15 is 0 Å². The lowest BCUT2D eigenvalue weighted by molar-refractivity contribution is 0.456. The molecule has 2 rings (SSSR count). The fraction of sp³-hybridized carbons (Fsp3) is 0.375. The molecular formula is C16H19ClN2O. The van der Waals surface area contributed by atoms with Crippen LogP contribution in [0, 0.1) is 13.8 Å². The molecule has 0 spiro atoms. The lowest BCUT2D eigenvalue weighted by atomic mass is 9.86. The van der Waals surface area contributed by atoms with E-state index in [1.54, 1.807) is 6.07 Å². The van der Waals surface area contributed by atoms with Gasteiger partial charge in [0.1, 0.15) is 5.75 Å². The van der Waals surface area contributed by atoms with Crippen LogP contribution >= 0.6 is 11.6 Å². The van der Waals surface area contributed by atoms with Gasteiger partial charge in [0, 0.05) is 11.8 Å². The summed E-state index contributed by atoms with van der Waals surface area (Å²) in [6, 6.07) is 7.97. The second kappa shape index (κ2) is 5.41. The van der Waals surface area contributed by atoms with Gasteiger partial charge >= 0.3 is 0 Å². The van der Waals surface area contributed by atoms with Crippen LogP contribution in [-0.4, -0.2) is 9.97 Å². The minimum atomic E-state index is 0.123. The van der Waals surface area contributed by atoms with E-state index in [9.17, 15) is 0 Å². The number of benzene rings is 1. The summed E-state index contributed by atoms with van der Waals surface area (Å²) in [5.74, 6) is 1.25. The third kappa shape index (κ3) is 3.48. The minimum Gasteiger partial charge on any atom is -0.439 e. The van der Waals surface area contributed by atoms with E-state index in [2.05, 4.69) is 42.9 Å². The molecule has 1 aromatic carbocycles. The first kappa shape index (κ1) is 14.8. The molecular weight excluding hydrogens is 272 g/mol. The van der Waals surface area contributed by atoms with Gasteiger partial charge in [-0.05, 0) is 48.1 Å². The van der Waals surface area contributed by atoms with E-state index in [1.807, 2.05) is 19.9 Å². The molecule has 0 radical (unpaired) electrons. The zero-order valence-electron chi connectivity index (χ0n) is 12.5. The molecule has 0 aliphatic heterocycles. The summed E-state index contributed by atoms with van der Waals surface area (Å²) in [6.07, 6.45) is 0. The molecule has 1 aromatic heterocycles.